The molecule has 88 valence electrons. The molecule has 0 spiro atoms. The molecule has 0 aromatic heterocycles. The maximum Gasteiger partial charge on any atom is 0.293 e. The summed E-state index contributed by atoms with van der Waals surface area (Å²) in [5.41, 5.74) is 0. The molecule has 0 N–H and O–H groups in total. The number of carbonyl (C=O) groups is 1. The summed E-state index contributed by atoms with van der Waals surface area (Å²) in [5, 5.41) is 0. The van der Waals surface area contributed by atoms with Crippen LogP contribution in [0.1, 0.15) is 52.4 Å². The van der Waals surface area contributed by atoms with E-state index in [4.69, 9.17) is 4.74 Å². The highest BCUT2D eigenvalue weighted by molar-refractivity contribution is 5.37. The van der Waals surface area contributed by atoms with Crippen LogP contribution in [0, 0.1) is 5.92 Å². The molecule has 0 rings (SSSR count). The Bertz CT molecular complexity index is 148. The van der Waals surface area contributed by atoms with E-state index in [9.17, 15) is 4.79 Å². The van der Waals surface area contributed by atoms with Crippen molar-refractivity contribution in [3.8, 4) is 0 Å². The van der Waals surface area contributed by atoms with E-state index in [-0.39, 0.29) is 6.10 Å². The van der Waals surface area contributed by atoms with E-state index in [1.165, 1.54) is 19.3 Å². The Kier molecular flexibility index (Phi) is 9.24. The average Bonchev–Trinajstić information content (AvgIpc) is 2.18. The van der Waals surface area contributed by atoms with Gasteiger partial charge >= 0.3 is 0 Å². The Balaban J connectivity index is 3.23. The van der Waals surface area contributed by atoms with E-state index in [1.807, 2.05) is 13.0 Å². The van der Waals surface area contributed by atoms with Crippen LogP contribution in [-0.4, -0.2) is 12.6 Å². The van der Waals surface area contributed by atoms with Crippen molar-refractivity contribution in [3.05, 3.63) is 12.7 Å². The summed E-state index contributed by atoms with van der Waals surface area (Å²) in [6, 6.07) is 0. The molecular weight excluding hydrogens is 188 g/mol. The summed E-state index contributed by atoms with van der Waals surface area (Å²) in [6.07, 6.45) is 9.08. The standard InChI is InChI=1S/C13H24O2/c1-4-8-12(2)9-6-5-7-10-13(3)15-11-14/h4,11-13H,1,5-10H2,2-3H3/t12?,13-/m1/s1. The second-order valence-electron chi connectivity index (χ2n) is 4.31. The van der Waals surface area contributed by atoms with Crippen LogP contribution in [0.5, 0.6) is 0 Å². The minimum atomic E-state index is 0.0769. The quantitative estimate of drug-likeness (QED) is 0.313. The van der Waals surface area contributed by atoms with Gasteiger partial charge in [-0.25, -0.2) is 0 Å². The summed E-state index contributed by atoms with van der Waals surface area (Å²) in [7, 11) is 0. The fraction of sp³-hybridized carbons (Fsp3) is 0.769. The molecule has 0 bridgehead atoms. The summed E-state index contributed by atoms with van der Waals surface area (Å²) < 4.78 is 4.81. The fourth-order valence-electron chi connectivity index (χ4n) is 1.67. The highest BCUT2D eigenvalue weighted by Gasteiger charge is 2.02. The van der Waals surface area contributed by atoms with E-state index in [0.29, 0.717) is 6.47 Å². The lowest BCUT2D eigenvalue weighted by molar-refractivity contribution is -0.133. The third-order valence-electron chi connectivity index (χ3n) is 2.66. The van der Waals surface area contributed by atoms with Gasteiger partial charge in [-0.2, -0.15) is 0 Å². The Labute approximate surface area is 93.7 Å². The normalized spacial score (nSPS) is 14.3. The summed E-state index contributed by atoms with van der Waals surface area (Å²) >= 11 is 0. The van der Waals surface area contributed by atoms with Crippen LogP contribution in [-0.2, 0) is 9.53 Å². The zero-order chi connectivity index (χ0) is 11.5. The third kappa shape index (κ3) is 9.51. The minimum absolute atomic E-state index is 0.0769. The van der Waals surface area contributed by atoms with Crippen molar-refractivity contribution in [2.24, 2.45) is 5.92 Å². The van der Waals surface area contributed by atoms with Crippen molar-refractivity contribution >= 4 is 6.47 Å². The Morgan fingerprint density at radius 2 is 1.87 bits per heavy atom. The van der Waals surface area contributed by atoms with Crippen molar-refractivity contribution in [1.29, 1.82) is 0 Å². The van der Waals surface area contributed by atoms with Crippen LogP contribution in [0.25, 0.3) is 0 Å². The van der Waals surface area contributed by atoms with Crippen LogP contribution < -0.4 is 0 Å². The monoisotopic (exact) mass is 212 g/mol. The van der Waals surface area contributed by atoms with E-state index in [2.05, 4.69) is 13.5 Å². The molecule has 2 atom stereocenters. The largest absolute Gasteiger partial charge is 0.465 e. The molecule has 0 aromatic rings. The van der Waals surface area contributed by atoms with Gasteiger partial charge < -0.3 is 4.74 Å². The topological polar surface area (TPSA) is 26.3 Å². The number of unbranched alkanes of at least 4 members (excludes halogenated alkanes) is 2. The molecule has 2 heteroatoms. The first-order valence-electron chi connectivity index (χ1n) is 5.90. The van der Waals surface area contributed by atoms with Crippen molar-refractivity contribution in [3.63, 3.8) is 0 Å². The fourth-order valence-corrected chi connectivity index (χ4v) is 1.67. The maximum atomic E-state index is 10.0. The molecule has 0 saturated heterocycles. The average molecular weight is 212 g/mol. The summed E-state index contributed by atoms with van der Waals surface area (Å²) in [5.74, 6) is 0.756. The molecular formula is C13H24O2. The Morgan fingerprint density at radius 3 is 2.47 bits per heavy atom. The molecule has 2 nitrogen and oxygen atoms in total. The molecule has 0 amide bonds. The van der Waals surface area contributed by atoms with Gasteiger partial charge in [-0.1, -0.05) is 32.3 Å². The first-order chi connectivity index (χ1) is 7.20. The zero-order valence-electron chi connectivity index (χ0n) is 10.1. The predicted molar refractivity (Wildman–Crippen MR) is 63.7 cm³/mol. The summed E-state index contributed by atoms with van der Waals surface area (Å²) in [4.78, 5) is 10.0. The van der Waals surface area contributed by atoms with Gasteiger partial charge in [-0.3, -0.25) is 4.79 Å². The number of carbonyl (C=O) groups excluding carboxylic acids is 1. The molecule has 0 heterocycles. The third-order valence-corrected chi connectivity index (χ3v) is 2.66. The number of hydrogen-bond acceptors (Lipinski definition) is 2. The van der Waals surface area contributed by atoms with E-state index >= 15 is 0 Å². The zero-order valence-corrected chi connectivity index (χ0v) is 10.1. The van der Waals surface area contributed by atoms with E-state index < -0.39 is 0 Å². The van der Waals surface area contributed by atoms with Crippen LogP contribution >= 0.6 is 0 Å². The van der Waals surface area contributed by atoms with Crippen molar-refractivity contribution in [2.45, 2.75) is 58.5 Å². The van der Waals surface area contributed by atoms with Crippen LogP contribution in [0.3, 0.4) is 0 Å². The van der Waals surface area contributed by atoms with Crippen LogP contribution in [0.4, 0.5) is 0 Å². The lowest BCUT2D eigenvalue weighted by Gasteiger charge is -2.10. The predicted octanol–water partition coefficient (Wildman–Crippen LogP) is 3.71. The SMILES string of the molecule is C=CCC(C)CCCCC[C@@H](C)OC=O. The highest BCUT2D eigenvalue weighted by atomic mass is 16.5. The Hall–Kier alpha value is -0.790. The summed E-state index contributed by atoms with van der Waals surface area (Å²) in [6.45, 7) is 8.48. The second-order valence-corrected chi connectivity index (χ2v) is 4.31. The maximum absolute atomic E-state index is 10.0. The molecule has 0 aliphatic carbocycles. The van der Waals surface area contributed by atoms with Gasteiger partial charge in [0, 0.05) is 0 Å². The van der Waals surface area contributed by atoms with E-state index in [0.717, 1.165) is 25.2 Å². The highest BCUT2D eigenvalue weighted by Crippen LogP contribution is 2.14. The molecule has 1 unspecified atom stereocenters. The molecule has 0 radical (unpaired) electrons. The first kappa shape index (κ1) is 14.2. The number of allylic oxidation sites excluding steroid dienone is 1. The van der Waals surface area contributed by atoms with Gasteiger partial charge in [-0.15, -0.1) is 6.58 Å². The van der Waals surface area contributed by atoms with Crippen LogP contribution in [0.2, 0.25) is 0 Å². The van der Waals surface area contributed by atoms with Crippen molar-refractivity contribution in [2.75, 3.05) is 0 Å². The van der Waals surface area contributed by atoms with Gasteiger partial charge in [-0.05, 0) is 32.1 Å². The molecule has 0 aliphatic heterocycles. The number of ether oxygens (including phenoxy) is 1. The number of rotatable bonds is 10. The van der Waals surface area contributed by atoms with Gasteiger partial charge in [0.2, 0.25) is 0 Å². The Morgan fingerprint density at radius 1 is 1.20 bits per heavy atom. The van der Waals surface area contributed by atoms with Crippen molar-refractivity contribution < 1.29 is 9.53 Å². The lowest BCUT2D eigenvalue weighted by atomic mass is 9.99. The lowest BCUT2D eigenvalue weighted by Crippen LogP contribution is -2.06. The van der Waals surface area contributed by atoms with E-state index in [1.54, 1.807) is 0 Å². The van der Waals surface area contributed by atoms with Gasteiger partial charge in [0.25, 0.3) is 6.47 Å². The van der Waals surface area contributed by atoms with Crippen LogP contribution in [0.15, 0.2) is 12.7 Å². The van der Waals surface area contributed by atoms with Gasteiger partial charge in [0.05, 0.1) is 6.10 Å². The smallest absolute Gasteiger partial charge is 0.293 e. The second kappa shape index (κ2) is 9.75. The molecule has 0 saturated carbocycles. The first-order valence-corrected chi connectivity index (χ1v) is 5.90. The molecule has 0 aromatic carbocycles. The molecule has 0 fully saturated rings. The number of hydrogen-bond donors (Lipinski definition) is 0. The molecule has 0 aliphatic rings. The molecule has 15 heavy (non-hydrogen) atoms. The van der Waals surface area contributed by atoms with Gasteiger partial charge in [0.1, 0.15) is 0 Å². The minimum Gasteiger partial charge on any atom is -0.465 e. The van der Waals surface area contributed by atoms with Gasteiger partial charge in [0.15, 0.2) is 0 Å². The van der Waals surface area contributed by atoms with Crippen molar-refractivity contribution in [1.82, 2.24) is 0 Å².